The van der Waals surface area contributed by atoms with Gasteiger partial charge in [-0.05, 0) is 36.3 Å². The molecule has 0 aromatic heterocycles. The lowest BCUT2D eigenvalue weighted by Gasteiger charge is -2.03. The number of halogens is 1. The number of carbonyl (C=O) groups is 1. The van der Waals surface area contributed by atoms with E-state index >= 15 is 0 Å². The third-order valence-corrected chi connectivity index (χ3v) is 2.39. The molecule has 1 aromatic carbocycles. The Labute approximate surface area is 105 Å². The molecule has 0 unspecified atom stereocenters. The third-order valence-electron chi connectivity index (χ3n) is 2.39. The Morgan fingerprint density at radius 3 is 2.50 bits per heavy atom. The van der Waals surface area contributed by atoms with Gasteiger partial charge in [0.2, 0.25) is 6.41 Å². The Morgan fingerprint density at radius 2 is 1.94 bits per heavy atom. The first-order valence-electron chi connectivity index (χ1n) is 5.34. The summed E-state index contributed by atoms with van der Waals surface area (Å²) in [6.45, 7) is 5.47. The molecule has 0 aliphatic heterocycles. The Hall–Kier alpha value is -2.36. The summed E-state index contributed by atoms with van der Waals surface area (Å²) in [7, 11) is 0. The fraction of sp³-hybridized carbons (Fsp3) is 0.0714. The maximum atomic E-state index is 12.8. The number of allylic oxidation sites excluding steroid dienone is 3. The average molecular weight is 246 g/mol. The van der Waals surface area contributed by atoms with Crippen LogP contribution >= 0.6 is 0 Å². The number of nitrogens with two attached hydrogens (primary N) is 1. The molecule has 4 heteroatoms. The lowest BCUT2D eigenvalue weighted by Crippen LogP contribution is -2.15. The smallest absolute Gasteiger partial charge is 0.211 e. The Kier molecular flexibility index (Phi) is 4.87. The lowest BCUT2D eigenvalue weighted by molar-refractivity contribution is -0.108. The highest BCUT2D eigenvalue weighted by atomic mass is 19.1. The Balaban J connectivity index is 2.83. The fourth-order valence-electron chi connectivity index (χ4n) is 1.28. The van der Waals surface area contributed by atoms with Crippen molar-refractivity contribution in [3.05, 3.63) is 65.8 Å². The summed E-state index contributed by atoms with van der Waals surface area (Å²) in [5.41, 5.74) is 8.22. The number of hydrogen-bond donors (Lipinski definition) is 2. The molecule has 94 valence electrons. The molecule has 1 rings (SSSR count). The van der Waals surface area contributed by atoms with Crippen LogP contribution in [0.3, 0.4) is 0 Å². The van der Waals surface area contributed by atoms with Gasteiger partial charge in [0.15, 0.2) is 0 Å². The van der Waals surface area contributed by atoms with Crippen molar-refractivity contribution < 1.29 is 9.18 Å². The summed E-state index contributed by atoms with van der Waals surface area (Å²) in [5.74, 6) is -0.273. The summed E-state index contributed by atoms with van der Waals surface area (Å²) in [6.07, 6.45) is 3.93. The number of amides is 1. The highest BCUT2D eigenvalue weighted by molar-refractivity contribution is 5.65. The maximum Gasteiger partial charge on any atom is 0.211 e. The summed E-state index contributed by atoms with van der Waals surface area (Å²) in [6, 6.07) is 6.16. The highest BCUT2D eigenvalue weighted by Gasteiger charge is 1.97. The van der Waals surface area contributed by atoms with E-state index in [4.69, 9.17) is 5.73 Å². The zero-order chi connectivity index (χ0) is 13.5. The minimum absolute atomic E-state index is 0.273. The number of carbonyl (C=O) groups excluding carboxylic acids is 1. The number of hydrogen-bond acceptors (Lipinski definition) is 2. The van der Waals surface area contributed by atoms with E-state index in [1.807, 2.05) is 6.92 Å². The van der Waals surface area contributed by atoms with Gasteiger partial charge >= 0.3 is 0 Å². The van der Waals surface area contributed by atoms with Crippen LogP contribution in [0.2, 0.25) is 0 Å². The molecule has 0 heterocycles. The van der Waals surface area contributed by atoms with E-state index < -0.39 is 0 Å². The monoisotopic (exact) mass is 246 g/mol. The summed E-state index contributed by atoms with van der Waals surface area (Å²) in [4.78, 5) is 10.2. The minimum atomic E-state index is -0.273. The number of rotatable bonds is 5. The summed E-state index contributed by atoms with van der Waals surface area (Å²) in [5, 5.41) is 2.37. The first-order valence-corrected chi connectivity index (χ1v) is 5.34. The summed E-state index contributed by atoms with van der Waals surface area (Å²) >= 11 is 0. The Morgan fingerprint density at radius 1 is 1.33 bits per heavy atom. The molecule has 18 heavy (non-hydrogen) atoms. The quantitative estimate of drug-likeness (QED) is 0.619. The molecule has 1 amide bonds. The van der Waals surface area contributed by atoms with Crippen molar-refractivity contribution in [2.75, 3.05) is 0 Å². The second-order valence-corrected chi connectivity index (χ2v) is 3.72. The molecular formula is C14H15FN2O. The van der Waals surface area contributed by atoms with Gasteiger partial charge in [0.25, 0.3) is 0 Å². The van der Waals surface area contributed by atoms with Gasteiger partial charge in [0.05, 0.1) is 11.4 Å². The first-order chi connectivity index (χ1) is 8.54. The second kappa shape index (κ2) is 6.39. The molecule has 0 atom stereocenters. The van der Waals surface area contributed by atoms with E-state index in [9.17, 15) is 9.18 Å². The zero-order valence-electron chi connectivity index (χ0n) is 10.1. The fourth-order valence-corrected chi connectivity index (χ4v) is 1.28. The van der Waals surface area contributed by atoms with Crippen molar-refractivity contribution in [3.8, 4) is 0 Å². The predicted octanol–water partition coefficient (Wildman–Crippen LogP) is 2.33. The van der Waals surface area contributed by atoms with Crippen LogP contribution in [0.4, 0.5) is 4.39 Å². The molecule has 1 aromatic rings. The predicted molar refractivity (Wildman–Crippen MR) is 70.7 cm³/mol. The molecular weight excluding hydrogens is 231 g/mol. The van der Waals surface area contributed by atoms with Crippen molar-refractivity contribution in [2.24, 2.45) is 5.73 Å². The minimum Gasteiger partial charge on any atom is -0.397 e. The van der Waals surface area contributed by atoms with Crippen LogP contribution in [0.5, 0.6) is 0 Å². The lowest BCUT2D eigenvalue weighted by atomic mass is 10.1. The van der Waals surface area contributed by atoms with E-state index in [2.05, 4.69) is 11.9 Å². The van der Waals surface area contributed by atoms with E-state index in [1.165, 1.54) is 12.1 Å². The van der Waals surface area contributed by atoms with Gasteiger partial charge in [-0.3, -0.25) is 4.79 Å². The zero-order valence-corrected chi connectivity index (χ0v) is 10.1. The van der Waals surface area contributed by atoms with Crippen LogP contribution in [0.25, 0.3) is 5.57 Å². The van der Waals surface area contributed by atoms with Crippen LogP contribution in [-0.4, -0.2) is 6.41 Å². The van der Waals surface area contributed by atoms with Crippen LogP contribution in [0.1, 0.15) is 12.5 Å². The van der Waals surface area contributed by atoms with Crippen LogP contribution < -0.4 is 11.1 Å². The standard InChI is InChI=1S/C14H15FN2O/c1-10(12-4-6-13(15)7-5-12)3-8-14(16)11(2)17-9-18/h3-9H,2,16H2,1H3,(H,17,18)/b10-3+,14-8+. The molecule has 0 aliphatic rings. The largest absolute Gasteiger partial charge is 0.397 e. The molecule has 0 aliphatic carbocycles. The Bertz CT molecular complexity index is 501. The van der Waals surface area contributed by atoms with E-state index in [1.54, 1.807) is 24.3 Å². The average Bonchev–Trinajstić information content (AvgIpc) is 2.36. The second-order valence-electron chi connectivity index (χ2n) is 3.72. The maximum absolute atomic E-state index is 12.8. The normalized spacial score (nSPS) is 12.1. The van der Waals surface area contributed by atoms with Gasteiger partial charge in [0, 0.05) is 0 Å². The van der Waals surface area contributed by atoms with Crippen molar-refractivity contribution >= 4 is 12.0 Å². The van der Waals surface area contributed by atoms with Gasteiger partial charge in [0.1, 0.15) is 5.82 Å². The van der Waals surface area contributed by atoms with Gasteiger partial charge in [-0.1, -0.05) is 24.8 Å². The molecule has 3 N–H and O–H groups in total. The van der Waals surface area contributed by atoms with E-state index in [0.717, 1.165) is 11.1 Å². The van der Waals surface area contributed by atoms with Gasteiger partial charge in [-0.25, -0.2) is 4.39 Å². The third kappa shape index (κ3) is 3.90. The SMILES string of the molecule is C=C(NC=O)/C(N)=C\C=C(/C)c1ccc(F)cc1. The van der Waals surface area contributed by atoms with Gasteiger partial charge in [-0.15, -0.1) is 0 Å². The van der Waals surface area contributed by atoms with Crippen LogP contribution in [-0.2, 0) is 4.79 Å². The van der Waals surface area contributed by atoms with Crippen LogP contribution in [0, 0.1) is 5.82 Å². The van der Waals surface area contributed by atoms with Crippen molar-refractivity contribution in [1.29, 1.82) is 0 Å². The van der Waals surface area contributed by atoms with Crippen molar-refractivity contribution in [2.45, 2.75) is 6.92 Å². The number of benzene rings is 1. The van der Waals surface area contributed by atoms with Gasteiger partial charge < -0.3 is 11.1 Å². The number of nitrogens with one attached hydrogen (secondary N) is 1. The molecule has 0 radical (unpaired) electrons. The highest BCUT2D eigenvalue weighted by Crippen LogP contribution is 2.14. The topological polar surface area (TPSA) is 55.1 Å². The molecule has 0 fully saturated rings. The summed E-state index contributed by atoms with van der Waals surface area (Å²) < 4.78 is 12.8. The molecule has 0 saturated carbocycles. The molecule has 3 nitrogen and oxygen atoms in total. The van der Waals surface area contributed by atoms with Crippen molar-refractivity contribution in [3.63, 3.8) is 0 Å². The van der Waals surface area contributed by atoms with Crippen LogP contribution in [0.15, 0.2) is 54.4 Å². The van der Waals surface area contributed by atoms with Crippen molar-refractivity contribution in [1.82, 2.24) is 5.32 Å². The molecule has 0 spiro atoms. The van der Waals surface area contributed by atoms with E-state index in [0.29, 0.717) is 17.8 Å². The van der Waals surface area contributed by atoms with E-state index in [-0.39, 0.29) is 5.82 Å². The molecule has 0 saturated heterocycles. The van der Waals surface area contributed by atoms with Gasteiger partial charge in [-0.2, -0.15) is 0 Å². The first kappa shape index (κ1) is 13.7. The molecule has 0 bridgehead atoms.